The van der Waals surface area contributed by atoms with Crippen LogP contribution in [0, 0.1) is 5.92 Å². The summed E-state index contributed by atoms with van der Waals surface area (Å²) in [6.07, 6.45) is 4.05. The first-order valence-corrected chi connectivity index (χ1v) is 12.4. The van der Waals surface area contributed by atoms with Gasteiger partial charge in [-0.05, 0) is 43.7 Å². The molecular weight excluding hydrogens is 406 g/mol. The number of nitrogens with zero attached hydrogens (tertiary/aromatic N) is 3. The van der Waals surface area contributed by atoms with Gasteiger partial charge in [-0.25, -0.2) is 8.42 Å². The highest BCUT2D eigenvalue weighted by molar-refractivity contribution is 7.89. The summed E-state index contributed by atoms with van der Waals surface area (Å²) in [5.74, 6) is 1.98. The van der Waals surface area contributed by atoms with Crippen molar-refractivity contribution in [3.8, 4) is 11.5 Å². The molecule has 2 saturated heterocycles. The van der Waals surface area contributed by atoms with Crippen molar-refractivity contribution in [2.24, 2.45) is 5.92 Å². The lowest BCUT2D eigenvalue weighted by molar-refractivity contribution is -0.132. The van der Waals surface area contributed by atoms with E-state index in [4.69, 9.17) is 9.47 Å². The molecule has 4 aliphatic rings. The number of ether oxygens (including phenoxy) is 2. The Bertz CT molecular complexity index is 917. The molecule has 164 valence electrons. The molecule has 0 radical (unpaired) electrons. The van der Waals surface area contributed by atoms with Crippen LogP contribution >= 0.6 is 0 Å². The summed E-state index contributed by atoms with van der Waals surface area (Å²) in [6, 6.07) is 4.71. The van der Waals surface area contributed by atoms with Gasteiger partial charge in [-0.1, -0.05) is 0 Å². The number of likely N-dealkylation sites (tertiary alicyclic amines) is 1. The van der Waals surface area contributed by atoms with E-state index in [9.17, 15) is 13.2 Å². The van der Waals surface area contributed by atoms with Crippen molar-refractivity contribution in [3.63, 3.8) is 0 Å². The van der Waals surface area contributed by atoms with Gasteiger partial charge >= 0.3 is 0 Å². The first-order valence-electron chi connectivity index (χ1n) is 10.9. The van der Waals surface area contributed by atoms with Crippen LogP contribution in [-0.2, 0) is 14.8 Å². The topological polar surface area (TPSA) is 79.4 Å². The Balaban J connectivity index is 1.25. The summed E-state index contributed by atoms with van der Waals surface area (Å²) >= 11 is 0. The van der Waals surface area contributed by atoms with Gasteiger partial charge in [0.2, 0.25) is 15.9 Å². The van der Waals surface area contributed by atoms with Gasteiger partial charge in [-0.3, -0.25) is 9.69 Å². The zero-order chi connectivity index (χ0) is 20.7. The van der Waals surface area contributed by atoms with Crippen LogP contribution in [0.5, 0.6) is 11.5 Å². The molecule has 0 spiro atoms. The molecule has 1 unspecified atom stereocenters. The average Bonchev–Trinajstić information content (AvgIpc) is 3.54. The Morgan fingerprint density at radius 1 is 0.933 bits per heavy atom. The molecule has 9 heteroatoms. The van der Waals surface area contributed by atoms with Gasteiger partial charge < -0.3 is 14.4 Å². The van der Waals surface area contributed by atoms with E-state index in [1.165, 1.54) is 12.8 Å². The van der Waals surface area contributed by atoms with Crippen LogP contribution in [0.4, 0.5) is 0 Å². The van der Waals surface area contributed by atoms with E-state index < -0.39 is 10.0 Å². The lowest BCUT2D eigenvalue weighted by Crippen LogP contribution is -2.44. The SMILES string of the molecule is O=C1C(N2CCCN(S(=O)(=O)c3ccc4c(c3)OCCO4)CC2)CCN1CC1CC1. The summed E-state index contributed by atoms with van der Waals surface area (Å²) < 4.78 is 39.1. The van der Waals surface area contributed by atoms with Gasteiger partial charge in [-0.2, -0.15) is 4.31 Å². The van der Waals surface area contributed by atoms with Crippen LogP contribution < -0.4 is 9.47 Å². The second kappa shape index (κ2) is 8.01. The third kappa shape index (κ3) is 3.90. The van der Waals surface area contributed by atoms with Crippen LogP contribution in [-0.4, -0.2) is 87.0 Å². The smallest absolute Gasteiger partial charge is 0.243 e. The number of carbonyl (C=O) groups excluding carboxylic acids is 1. The van der Waals surface area contributed by atoms with E-state index >= 15 is 0 Å². The fourth-order valence-corrected chi connectivity index (χ4v) is 6.14. The van der Waals surface area contributed by atoms with E-state index in [1.807, 2.05) is 4.90 Å². The fourth-order valence-electron chi connectivity index (χ4n) is 4.65. The molecule has 0 bridgehead atoms. The highest BCUT2D eigenvalue weighted by Crippen LogP contribution is 2.34. The third-order valence-electron chi connectivity index (χ3n) is 6.53. The maximum absolute atomic E-state index is 13.2. The average molecular weight is 436 g/mol. The molecule has 1 saturated carbocycles. The summed E-state index contributed by atoms with van der Waals surface area (Å²) in [5.41, 5.74) is 0. The minimum atomic E-state index is -3.62. The van der Waals surface area contributed by atoms with Gasteiger partial charge in [0.15, 0.2) is 11.5 Å². The fraction of sp³-hybridized carbons (Fsp3) is 0.667. The first-order chi connectivity index (χ1) is 14.5. The third-order valence-corrected chi connectivity index (χ3v) is 8.42. The molecule has 0 N–H and O–H groups in total. The lowest BCUT2D eigenvalue weighted by atomic mass is 10.2. The molecule has 1 aromatic carbocycles. The number of amides is 1. The minimum Gasteiger partial charge on any atom is -0.486 e. The number of benzene rings is 1. The molecular formula is C21H29N3O5S. The summed E-state index contributed by atoms with van der Waals surface area (Å²) in [4.78, 5) is 17.3. The Kier molecular flexibility index (Phi) is 5.37. The van der Waals surface area contributed by atoms with Gasteiger partial charge in [0.05, 0.1) is 10.9 Å². The number of hydrogen-bond donors (Lipinski definition) is 0. The Morgan fingerprint density at radius 3 is 2.53 bits per heavy atom. The van der Waals surface area contributed by atoms with E-state index in [2.05, 4.69) is 4.90 Å². The van der Waals surface area contributed by atoms with Gasteiger partial charge in [0.25, 0.3) is 0 Å². The first kappa shape index (κ1) is 20.1. The van der Waals surface area contributed by atoms with Crippen molar-refractivity contribution in [2.75, 3.05) is 52.5 Å². The van der Waals surface area contributed by atoms with E-state index in [0.717, 1.165) is 32.5 Å². The maximum atomic E-state index is 13.2. The zero-order valence-electron chi connectivity index (χ0n) is 17.2. The van der Waals surface area contributed by atoms with Gasteiger partial charge in [-0.15, -0.1) is 0 Å². The maximum Gasteiger partial charge on any atom is 0.243 e. The number of fused-ring (bicyclic) bond motifs is 1. The molecule has 3 heterocycles. The summed E-state index contributed by atoms with van der Waals surface area (Å²) in [7, 11) is -3.62. The standard InChI is InChI=1S/C21H29N3O5S/c25-21-18(6-9-23(21)15-16-2-3-16)22-7-1-8-24(11-10-22)30(26,27)17-4-5-19-20(14-17)29-13-12-28-19/h4-5,14,16,18H,1-3,6-13,15H2. The summed E-state index contributed by atoms with van der Waals surface area (Å²) in [5, 5.41) is 0. The van der Waals surface area contributed by atoms with Gasteiger partial charge in [0.1, 0.15) is 13.2 Å². The van der Waals surface area contributed by atoms with Crippen molar-refractivity contribution >= 4 is 15.9 Å². The van der Waals surface area contributed by atoms with Crippen molar-refractivity contribution in [1.82, 2.24) is 14.1 Å². The predicted octanol–water partition coefficient (Wildman–Crippen LogP) is 1.17. The molecule has 5 rings (SSSR count). The number of hydrogen-bond acceptors (Lipinski definition) is 6. The molecule has 0 aromatic heterocycles. The number of sulfonamides is 1. The van der Waals surface area contributed by atoms with Crippen LogP contribution in [0.1, 0.15) is 25.7 Å². The summed E-state index contributed by atoms with van der Waals surface area (Å²) in [6.45, 7) is 4.80. The zero-order valence-corrected chi connectivity index (χ0v) is 18.0. The lowest BCUT2D eigenvalue weighted by Gasteiger charge is -2.26. The molecule has 1 atom stereocenters. The molecule has 3 aliphatic heterocycles. The highest BCUT2D eigenvalue weighted by Gasteiger charge is 2.39. The molecule has 8 nitrogen and oxygen atoms in total. The number of carbonyl (C=O) groups is 1. The van der Waals surface area contributed by atoms with Crippen LogP contribution in [0.3, 0.4) is 0 Å². The van der Waals surface area contributed by atoms with E-state index in [-0.39, 0.29) is 16.8 Å². The van der Waals surface area contributed by atoms with Crippen molar-refractivity contribution in [3.05, 3.63) is 18.2 Å². The molecule has 30 heavy (non-hydrogen) atoms. The molecule has 3 fully saturated rings. The Hall–Kier alpha value is -1.84. The minimum absolute atomic E-state index is 0.0966. The number of rotatable bonds is 5. The van der Waals surface area contributed by atoms with Crippen LogP contribution in [0.25, 0.3) is 0 Å². The second-order valence-electron chi connectivity index (χ2n) is 8.63. The normalized spacial score (nSPS) is 26.1. The van der Waals surface area contributed by atoms with Gasteiger partial charge in [0, 0.05) is 45.3 Å². The van der Waals surface area contributed by atoms with Crippen molar-refractivity contribution in [2.45, 2.75) is 36.6 Å². The van der Waals surface area contributed by atoms with Crippen molar-refractivity contribution in [1.29, 1.82) is 0 Å². The largest absolute Gasteiger partial charge is 0.486 e. The monoisotopic (exact) mass is 435 g/mol. The molecule has 1 amide bonds. The second-order valence-corrected chi connectivity index (χ2v) is 10.6. The highest BCUT2D eigenvalue weighted by atomic mass is 32.2. The van der Waals surface area contributed by atoms with Crippen molar-refractivity contribution < 1.29 is 22.7 Å². The Labute approximate surface area is 177 Å². The van der Waals surface area contributed by atoms with E-state index in [0.29, 0.717) is 50.3 Å². The quantitative estimate of drug-likeness (QED) is 0.691. The van der Waals surface area contributed by atoms with E-state index in [1.54, 1.807) is 22.5 Å². The van der Waals surface area contributed by atoms with Crippen LogP contribution in [0.15, 0.2) is 23.1 Å². The predicted molar refractivity (Wildman–Crippen MR) is 110 cm³/mol. The molecule has 1 aliphatic carbocycles. The Morgan fingerprint density at radius 2 is 1.73 bits per heavy atom. The van der Waals surface area contributed by atoms with Crippen LogP contribution in [0.2, 0.25) is 0 Å². The molecule has 1 aromatic rings.